The van der Waals surface area contributed by atoms with E-state index in [4.69, 9.17) is 5.10 Å². The molecule has 0 radical (unpaired) electrons. The highest BCUT2D eigenvalue weighted by Crippen LogP contribution is 2.44. The van der Waals surface area contributed by atoms with Crippen LogP contribution >= 0.6 is 0 Å². The Labute approximate surface area is 219 Å². The first-order valence-corrected chi connectivity index (χ1v) is 14.9. The molecular formula is C29H36N4O3S. The molecule has 0 unspecified atom stereocenters. The van der Waals surface area contributed by atoms with Gasteiger partial charge in [0.15, 0.2) is 9.84 Å². The van der Waals surface area contributed by atoms with E-state index in [9.17, 15) is 13.2 Å². The Kier molecular flexibility index (Phi) is 7.12. The first-order chi connectivity index (χ1) is 17.8. The second-order valence-electron chi connectivity index (χ2n) is 10.5. The zero-order valence-corrected chi connectivity index (χ0v) is 22.6. The number of hydrogen-bond donors (Lipinski definition) is 1. The summed E-state index contributed by atoms with van der Waals surface area (Å²) in [7, 11) is -3.24. The number of hydrogen-bond acceptors (Lipinski definition) is 4. The number of nitrogens with one attached hydrogen (secondary N) is 1. The van der Waals surface area contributed by atoms with Gasteiger partial charge in [-0.05, 0) is 56.0 Å². The summed E-state index contributed by atoms with van der Waals surface area (Å²) in [5.41, 5.74) is 4.51. The highest BCUT2D eigenvalue weighted by molar-refractivity contribution is 7.91. The zero-order valence-electron chi connectivity index (χ0n) is 21.8. The third-order valence-electron chi connectivity index (χ3n) is 7.59. The lowest BCUT2D eigenvalue weighted by molar-refractivity contribution is 0.207. The number of benzene rings is 2. The SMILES string of the molecule is CCS(=O)(=O)c1ccc(CNC(=O)N2C[C@@H](c3ccccc3)[C@H](c3cc(C4CC4)nn3C(C)C)C2)cc1. The monoisotopic (exact) mass is 520 g/mol. The van der Waals surface area contributed by atoms with Crippen molar-refractivity contribution < 1.29 is 13.2 Å². The van der Waals surface area contributed by atoms with Crippen molar-refractivity contribution in [2.45, 2.75) is 68.8 Å². The molecule has 0 bridgehead atoms. The lowest BCUT2D eigenvalue weighted by Gasteiger charge is -2.21. The third-order valence-corrected chi connectivity index (χ3v) is 9.34. The van der Waals surface area contributed by atoms with Gasteiger partial charge in [-0.3, -0.25) is 4.68 Å². The van der Waals surface area contributed by atoms with Crippen LogP contribution in [0, 0.1) is 0 Å². The van der Waals surface area contributed by atoms with E-state index in [1.165, 1.54) is 29.8 Å². The van der Waals surface area contributed by atoms with Gasteiger partial charge in [0, 0.05) is 49.1 Å². The van der Waals surface area contributed by atoms with Crippen LogP contribution in [0.4, 0.5) is 4.79 Å². The van der Waals surface area contributed by atoms with Crippen molar-refractivity contribution in [3.8, 4) is 0 Å². The minimum atomic E-state index is -3.24. The molecule has 7 nitrogen and oxygen atoms in total. The highest BCUT2D eigenvalue weighted by Gasteiger charge is 2.40. The maximum atomic E-state index is 13.3. The predicted octanol–water partition coefficient (Wildman–Crippen LogP) is 5.23. The van der Waals surface area contributed by atoms with E-state index < -0.39 is 9.84 Å². The summed E-state index contributed by atoms with van der Waals surface area (Å²) >= 11 is 0. The van der Waals surface area contributed by atoms with Crippen molar-refractivity contribution in [2.24, 2.45) is 0 Å². The number of nitrogens with zero attached hydrogens (tertiary/aromatic N) is 3. The molecule has 1 saturated heterocycles. The average molecular weight is 521 g/mol. The largest absolute Gasteiger partial charge is 0.334 e. The molecule has 2 heterocycles. The third kappa shape index (κ3) is 5.44. The number of likely N-dealkylation sites (tertiary alicyclic amines) is 1. The lowest BCUT2D eigenvalue weighted by atomic mass is 9.86. The number of aromatic nitrogens is 2. The van der Waals surface area contributed by atoms with E-state index in [1.807, 2.05) is 11.0 Å². The van der Waals surface area contributed by atoms with Crippen molar-refractivity contribution in [2.75, 3.05) is 18.8 Å². The number of carbonyl (C=O) groups is 1. The van der Waals surface area contributed by atoms with E-state index in [0.717, 1.165) is 5.56 Å². The summed E-state index contributed by atoms with van der Waals surface area (Å²) in [6.45, 7) is 7.58. The van der Waals surface area contributed by atoms with Gasteiger partial charge in [0.05, 0.1) is 16.3 Å². The Morgan fingerprint density at radius 1 is 1.03 bits per heavy atom. The summed E-state index contributed by atoms with van der Waals surface area (Å²) in [6, 6.07) is 19.7. The fourth-order valence-corrected chi connectivity index (χ4v) is 6.16. The Hall–Kier alpha value is -3.13. The Bertz CT molecular complexity index is 1350. The summed E-state index contributed by atoms with van der Waals surface area (Å²) in [5.74, 6) is 0.994. The van der Waals surface area contributed by atoms with Crippen molar-refractivity contribution >= 4 is 15.9 Å². The minimum Gasteiger partial charge on any atom is -0.334 e. The second-order valence-corrected chi connectivity index (χ2v) is 12.8. The van der Waals surface area contributed by atoms with Crippen LogP contribution in [0.5, 0.6) is 0 Å². The number of carbonyl (C=O) groups excluding carboxylic acids is 1. The topological polar surface area (TPSA) is 84.3 Å². The molecule has 5 rings (SSSR count). The Morgan fingerprint density at radius 2 is 1.70 bits per heavy atom. The molecular weight excluding hydrogens is 484 g/mol. The van der Waals surface area contributed by atoms with Crippen molar-refractivity contribution in [1.82, 2.24) is 20.0 Å². The number of amides is 2. The van der Waals surface area contributed by atoms with Crippen molar-refractivity contribution in [3.05, 3.63) is 83.2 Å². The first kappa shape index (κ1) is 25.5. The van der Waals surface area contributed by atoms with Crippen molar-refractivity contribution in [1.29, 1.82) is 0 Å². The predicted molar refractivity (Wildman–Crippen MR) is 144 cm³/mol. The summed E-state index contributed by atoms with van der Waals surface area (Å²) in [6.07, 6.45) is 2.42. The van der Waals surface area contributed by atoms with E-state index >= 15 is 0 Å². The van der Waals surface area contributed by atoms with E-state index in [2.05, 4.69) is 54.2 Å². The molecule has 1 aliphatic carbocycles. The van der Waals surface area contributed by atoms with Gasteiger partial charge in [-0.15, -0.1) is 0 Å². The Morgan fingerprint density at radius 3 is 2.32 bits per heavy atom. The normalized spacial score (nSPS) is 19.9. The molecule has 2 aromatic carbocycles. The van der Waals surface area contributed by atoms with E-state index in [-0.39, 0.29) is 29.7 Å². The van der Waals surface area contributed by atoms with Crippen LogP contribution in [0.2, 0.25) is 0 Å². The maximum absolute atomic E-state index is 13.3. The standard InChI is InChI=1S/C29H36N4O3S/c1-4-37(35,36)24-14-10-21(11-15-24)17-30-29(34)32-18-25(22-8-6-5-7-9-22)26(19-32)28-16-27(23-12-13-23)31-33(28)20(2)3/h5-11,14-16,20,23,25-26H,4,12-13,17-19H2,1-3H3,(H,30,34)/t25-,26+/m0/s1. The van der Waals surface area contributed by atoms with Crippen LogP contribution in [-0.4, -0.2) is 48.0 Å². The minimum absolute atomic E-state index is 0.0691. The molecule has 37 heavy (non-hydrogen) atoms. The molecule has 1 saturated carbocycles. The molecule has 3 aromatic rings. The quantitative estimate of drug-likeness (QED) is 0.441. The summed E-state index contributed by atoms with van der Waals surface area (Å²) in [4.78, 5) is 15.5. The molecule has 1 aromatic heterocycles. The molecule has 8 heteroatoms. The fraction of sp³-hybridized carbons (Fsp3) is 0.448. The zero-order chi connectivity index (χ0) is 26.2. The number of urea groups is 1. The second kappa shape index (κ2) is 10.3. The van der Waals surface area contributed by atoms with Gasteiger partial charge in [0.1, 0.15) is 0 Å². The van der Waals surface area contributed by atoms with E-state index in [1.54, 1.807) is 31.2 Å². The van der Waals surface area contributed by atoms with Gasteiger partial charge in [-0.2, -0.15) is 5.10 Å². The first-order valence-electron chi connectivity index (χ1n) is 13.3. The van der Waals surface area contributed by atoms with E-state index in [0.29, 0.717) is 30.4 Å². The van der Waals surface area contributed by atoms with Gasteiger partial charge >= 0.3 is 6.03 Å². The van der Waals surface area contributed by atoms with Crippen molar-refractivity contribution in [3.63, 3.8) is 0 Å². The summed E-state index contributed by atoms with van der Waals surface area (Å²) < 4.78 is 26.3. The Balaban J connectivity index is 1.34. The van der Waals surface area contributed by atoms with Crippen LogP contribution in [0.3, 0.4) is 0 Å². The van der Waals surface area contributed by atoms with Crippen LogP contribution < -0.4 is 5.32 Å². The van der Waals surface area contributed by atoms with Crippen LogP contribution in [0.1, 0.15) is 79.9 Å². The fourth-order valence-electron chi connectivity index (χ4n) is 5.28. The average Bonchev–Trinajstić information content (AvgIpc) is 3.50. The van der Waals surface area contributed by atoms with Crippen LogP contribution in [-0.2, 0) is 16.4 Å². The number of rotatable bonds is 8. The molecule has 2 fully saturated rings. The highest BCUT2D eigenvalue weighted by atomic mass is 32.2. The molecule has 1 N–H and O–H groups in total. The molecule has 1 aliphatic heterocycles. The molecule has 0 spiro atoms. The van der Waals surface area contributed by atoms with Crippen LogP contribution in [0.25, 0.3) is 0 Å². The van der Waals surface area contributed by atoms with Crippen LogP contribution in [0.15, 0.2) is 65.6 Å². The number of sulfone groups is 1. The lowest BCUT2D eigenvalue weighted by Crippen LogP contribution is -2.38. The smallest absolute Gasteiger partial charge is 0.317 e. The molecule has 2 aliphatic rings. The van der Waals surface area contributed by atoms with Gasteiger partial charge < -0.3 is 10.2 Å². The molecule has 2 amide bonds. The summed E-state index contributed by atoms with van der Waals surface area (Å²) in [5, 5.41) is 8.02. The molecule has 2 atom stereocenters. The van der Waals surface area contributed by atoms with Gasteiger partial charge in [-0.1, -0.05) is 49.4 Å². The maximum Gasteiger partial charge on any atom is 0.317 e. The van der Waals surface area contributed by atoms with Gasteiger partial charge in [-0.25, -0.2) is 13.2 Å². The van der Waals surface area contributed by atoms with Gasteiger partial charge in [0.25, 0.3) is 0 Å². The molecule has 196 valence electrons. The van der Waals surface area contributed by atoms with Gasteiger partial charge in [0.2, 0.25) is 0 Å².